The number of sulfonamides is 1. The average molecular weight is 509 g/mol. The van der Waals surface area contributed by atoms with Crippen LogP contribution in [-0.2, 0) is 22.6 Å². The van der Waals surface area contributed by atoms with Gasteiger partial charge in [-0.15, -0.1) is 0 Å². The molecule has 0 atom stereocenters. The molecule has 186 valence electrons. The molecule has 3 N–H and O–H groups in total. The van der Waals surface area contributed by atoms with Gasteiger partial charge in [-0.1, -0.05) is 18.2 Å². The van der Waals surface area contributed by atoms with Crippen molar-refractivity contribution < 1.29 is 37.7 Å². The molecule has 11 heteroatoms. The van der Waals surface area contributed by atoms with Crippen molar-refractivity contribution in [2.24, 2.45) is 0 Å². The summed E-state index contributed by atoms with van der Waals surface area (Å²) in [6, 6.07) is 14.2. The Hall–Kier alpha value is -3.70. The second-order valence-electron chi connectivity index (χ2n) is 7.66. The first-order valence-electron chi connectivity index (χ1n) is 10.3. The maximum Gasteiger partial charge on any atom is 0.416 e. The number of rotatable bonds is 8. The second-order valence-corrected chi connectivity index (χ2v) is 9.42. The lowest BCUT2D eigenvalue weighted by Gasteiger charge is -2.10. The molecule has 0 radical (unpaired) electrons. The van der Waals surface area contributed by atoms with Crippen LogP contribution in [0.25, 0.3) is 0 Å². The molecule has 3 rings (SSSR count). The van der Waals surface area contributed by atoms with Crippen LogP contribution in [0.15, 0.2) is 71.6 Å². The quantitative estimate of drug-likeness (QED) is 0.407. The summed E-state index contributed by atoms with van der Waals surface area (Å²) in [6.45, 7) is 1.62. The van der Waals surface area contributed by atoms with Gasteiger partial charge in [0.25, 0.3) is 5.91 Å². The van der Waals surface area contributed by atoms with E-state index in [9.17, 15) is 36.3 Å². The van der Waals surface area contributed by atoms with Gasteiger partial charge in [0.05, 0.1) is 16.0 Å². The monoisotopic (exact) mass is 508 g/mol. The predicted octanol–water partition coefficient (Wildman–Crippen LogP) is 4.73. The summed E-state index contributed by atoms with van der Waals surface area (Å²) in [5, 5.41) is 11.8. The van der Waals surface area contributed by atoms with E-state index in [4.69, 9.17) is 0 Å². The summed E-state index contributed by atoms with van der Waals surface area (Å²) in [5.74, 6) is -1.79. The van der Waals surface area contributed by atoms with Crippen molar-refractivity contribution in [3.8, 4) is 0 Å². The number of carboxylic acid groups (broad SMARTS) is 1. The molecule has 35 heavy (non-hydrogen) atoms. The van der Waals surface area contributed by atoms with Gasteiger partial charge in [0.2, 0.25) is 10.0 Å². The lowest BCUT2D eigenvalue weighted by atomic mass is 10.1. The molecule has 0 heterocycles. The molecule has 3 aromatic carbocycles. The number of halogens is 3. The van der Waals surface area contributed by atoms with Crippen LogP contribution in [0.3, 0.4) is 0 Å². The van der Waals surface area contributed by atoms with Crippen molar-refractivity contribution in [2.75, 3.05) is 11.9 Å². The highest BCUT2D eigenvalue weighted by atomic mass is 32.2. The molecule has 0 saturated heterocycles. The predicted molar refractivity (Wildman–Crippen MR) is 125 cm³/mol. The van der Waals surface area contributed by atoms with Gasteiger partial charge in [-0.3, -0.25) is 4.79 Å². The first-order valence-corrected chi connectivity index (χ1v) is 11.8. The Morgan fingerprint density at radius 3 is 2.17 bits per heavy atom. The van der Waals surface area contributed by atoms with Gasteiger partial charge in [0, 0.05) is 19.2 Å². The van der Waals surface area contributed by atoms with Crippen molar-refractivity contribution in [3.05, 3.63) is 94.5 Å². The third-order valence-electron chi connectivity index (χ3n) is 5.14. The maximum atomic E-state index is 12.6. The van der Waals surface area contributed by atoms with Gasteiger partial charge in [-0.2, -0.15) is 13.2 Å². The van der Waals surface area contributed by atoms with Crippen LogP contribution >= 0.6 is 0 Å². The third-order valence-corrected chi connectivity index (χ3v) is 6.60. The van der Waals surface area contributed by atoms with E-state index in [1.807, 2.05) is 0 Å². The van der Waals surface area contributed by atoms with E-state index in [1.165, 1.54) is 12.1 Å². The molecular weight excluding hydrogens is 485 g/mol. The van der Waals surface area contributed by atoms with Crippen molar-refractivity contribution in [2.45, 2.75) is 24.4 Å². The Balaban J connectivity index is 0.00000456. The highest BCUT2D eigenvalue weighted by molar-refractivity contribution is 7.89. The van der Waals surface area contributed by atoms with E-state index in [2.05, 4.69) is 10.0 Å². The third kappa shape index (κ3) is 6.67. The number of benzene rings is 3. The van der Waals surface area contributed by atoms with Gasteiger partial charge >= 0.3 is 12.1 Å². The van der Waals surface area contributed by atoms with E-state index in [0.29, 0.717) is 17.7 Å². The summed E-state index contributed by atoms with van der Waals surface area (Å²) < 4.78 is 65.3. The zero-order chi connectivity index (χ0) is 25.8. The number of aromatic carboxylic acids is 1. The fraction of sp³-hybridized carbons (Fsp3) is 0.167. The number of aryl methyl sites for hydroxylation is 1. The Bertz CT molecular complexity index is 1340. The SMILES string of the molecule is Cc1ccc(S(=O)(=O)NCCc2ccc(NC(=O)c3ccc(C(F)(F)F)cc3)cc2)cc1C(=O)O.[HH]. The lowest BCUT2D eigenvalue weighted by molar-refractivity contribution is -0.137. The number of hydrogen-bond acceptors (Lipinski definition) is 4. The highest BCUT2D eigenvalue weighted by Gasteiger charge is 2.30. The van der Waals surface area contributed by atoms with Crippen LogP contribution in [0, 0.1) is 6.92 Å². The molecule has 0 aliphatic carbocycles. The Labute approximate surface area is 201 Å². The standard InChI is InChI=1S/C24H21F3N2O5S.H2/c1-15-2-11-20(14-21(15)23(31)32)35(33,34)28-13-12-16-3-9-19(10-4-16)29-22(30)17-5-7-18(8-6-17)24(25,26)27;/h2-11,14,28H,12-13H2,1H3,(H,29,30)(H,31,32);1H. The fourth-order valence-corrected chi connectivity index (χ4v) is 4.24. The minimum atomic E-state index is -4.49. The first-order chi connectivity index (χ1) is 16.4. The summed E-state index contributed by atoms with van der Waals surface area (Å²) in [5.41, 5.74) is 0.747. The molecule has 0 fully saturated rings. The molecule has 1 amide bonds. The molecule has 3 aromatic rings. The number of carboxylic acids is 1. The zero-order valence-corrected chi connectivity index (χ0v) is 19.2. The van der Waals surface area contributed by atoms with Gasteiger partial charge in [0.15, 0.2) is 0 Å². The zero-order valence-electron chi connectivity index (χ0n) is 18.4. The van der Waals surface area contributed by atoms with E-state index < -0.39 is 33.6 Å². The highest BCUT2D eigenvalue weighted by Crippen LogP contribution is 2.29. The molecule has 0 spiro atoms. The lowest BCUT2D eigenvalue weighted by Crippen LogP contribution is -2.26. The van der Waals surface area contributed by atoms with Crippen LogP contribution in [0.2, 0.25) is 0 Å². The number of anilines is 1. The number of carbonyl (C=O) groups is 2. The van der Waals surface area contributed by atoms with Crippen LogP contribution in [0.1, 0.15) is 38.8 Å². The van der Waals surface area contributed by atoms with Gasteiger partial charge < -0.3 is 10.4 Å². The van der Waals surface area contributed by atoms with Gasteiger partial charge in [-0.25, -0.2) is 17.9 Å². The molecule has 0 saturated carbocycles. The number of carbonyl (C=O) groups excluding carboxylic acids is 1. The molecule has 0 aromatic heterocycles. The van der Waals surface area contributed by atoms with Crippen LogP contribution in [-0.4, -0.2) is 31.9 Å². The number of nitrogens with one attached hydrogen (secondary N) is 2. The van der Waals surface area contributed by atoms with E-state index in [1.54, 1.807) is 31.2 Å². The van der Waals surface area contributed by atoms with Crippen molar-refractivity contribution >= 4 is 27.6 Å². The Morgan fingerprint density at radius 1 is 0.971 bits per heavy atom. The van der Waals surface area contributed by atoms with Crippen molar-refractivity contribution in [1.82, 2.24) is 4.72 Å². The van der Waals surface area contributed by atoms with Crippen molar-refractivity contribution in [3.63, 3.8) is 0 Å². The maximum absolute atomic E-state index is 12.6. The Kier molecular flexibility index (Phi) is 7.61. The molecule has 0 aliphatic heterocycles. The summed E-state index contributed by atoms with van der Waals surface area (Å²) in [6.07, 6.45) is -4.16. The largest absolute Gasteiger partial charge is 0.478 e. The number of alkyl halides is 3. The first kappa shape index (κ1) is 25.9. The minimum absolute atomic E-state index is 0. The smallest absolute Gasteiger partial charge is 0.416 e. The van der Waals surface area contributed by atoms with Gasteiger partial charge in [-0.05, 0) is 73.0 Å². The average Bonchev–Trinajstić information content (AvgIpc) is 2.79. The minimum Gasteiger partial charge on any atom is -0.478 e. The van der Waals surface area contributed by atoms with Crippen LogP contribution in [0.4, 0.5) is 18.9 Å². The topological polar surface area (TPSA) is 113 Å². The van der Waals surface area contributed by atoms with E-state index in [0.717, 1.165) is 35.9 Å². The molecular formula is C24H23F3N2O5S. The molecule has 0 bridgehead atoms. The van der Waals surface area contributed by atoms with Gasteiger partial charge in [0.1, 0.15) is 0 Å². The van der Waals surface area contributed by atoms with Crippen molar-refractivity contribution in [1.29, 1.82) is 0 Å². The number of amides is 1. The van der Waals surface area contributed by atoms with Crippen LogP contribution < -0.4 is 10.0 Å². The number of hydrogen-bond donors (Lipinski definition) is 3. The van der Waals surface area contributed by atoms with Crippen LogP contribution in [0.5, 0.6) is 0 Å². The summed E-state index contributed by atoms with van der Waals surface area (Å²) in [4.78, 5) is 23.3. The van der Waals surface area contributed by atoms with E-state index in [-0.39, 0.29) is 24.0 Å². The summed E-state index contributed by atoms with van der Waals surface area (Å²) >= 11 is 0. The molecule has 7 nitrogen and oxygen atoms in total. The fourth-order valence-electron chi connectivity index (χ4n) is 3.18. The van der Waals surface area contributed by atoms with E-state index >= 15 is 0 Å². The molecule has 0 unspecified atom stereocenters. The summed E-state index contributed by atoms with van der Waals surface area (Å²) in [7, 11) is -3.91. The Morgan fingerprint density at radius 2 is 1.60 bits per heavy atom. The second kappa shape index (κ2) is 10.3. The molecule has 0 aliphatic rings. The normalized spacial score (nSPS) is 11.8.